The Labute approximate surface area is 121 Å². The first-order chi connectivity index (χ1) is 9.13. The van der Waals surface area contributed by atoms with Gasteiger partial charge in [-0.1, -0.05) is 13.8 Å². The lowest BCUT2D eigenvalue weighted by molar-refractivity contribution is -0.132. The zero-order valence-corrected chi connectivity index (χ0v) is 13.3. The highest BCUT2D eigenvalue weighted by Crippen LogP contribution is 2.13. The van der Waals surface area contributed by atoms with Crippen molar-refractivity contribution in [3.63, 3.8) is 0 Å². The topological polar surface area (TPSA) is 41.6 Å². The van der Waals surface area contributed by atoms with Crippen molar-refractivity contribution in [2.45, 2.75) is 58.0 Å². The van der Waals surface area contributed by atoms with Gasteiger partial charge in [-0.2, -0.15) is 0 Å². The maximum Gasteiger partial charge on any atom is 0.222 e. The van der Waals surface area contributed by atoms with E-state index in [1.165, 1.54) is 12.0 Å². The molecule has 4 nitrogen and oxygen atoms in total. The molecule has 0 aliphatic carbocycles. The summed E-state index contributed by atoms with van der Waals surface area (Å²) in [6.45, 7) is 6.91. The molecule has 1 amide bonds. The highest BCUT2D eigenvalue weighted by Gasteiger charge is 2.22. The average Bonchev–Trinajstić information content (AvgIpc) is 2.38. The molecule has 1 rings (SSSR count). The highest BCUT2D eigenvalue weighted by atomic mass is 32.2. The standard InChI is InChI=1S/C14H28N2O2S/c1-12(2)15-13-7-9-16(10-8-13)14(17)6-4-5-11-18-19-3/h12-13,15H,4-11H2,1-3H3. The third kappa shape index (κ3) is 7.18. The summed E-state index contributed by atoms with van der Waals surface area (Å²) >= 11 is 1.39. The van der Waals surface area contributed by atoms with E-state index >= 15 is 0 Å². The Morgan fingerprint density at radius 1 is 1.37 bits per heavy atom. The summed E-state index contributed by atoms with van der Waals surface area (Å²) in [5.41, 5.74) is 0. The van der Waals surface area contributed by atoms with Gasteiger partial charge in [-0.25, -0.2) is 0 Å². The zero-order chi connectivity index (χ0) is 14.1. The van der Waals surface area contributed by atoms with Gasteiger partial charge in [0.1, 0.15) is 0 Å². The fourth-order valence-electron chi connectivity index (χ4n) is 2.45. The van der Waals surface area contributed by atoms with Crippen LogP contribution < -0.4 is 5.32 Å². The van der Waals surface area contributed by atoms with E-state index in [2.05, 4.69) is 19.2 Å². The predicted octanol–water partition coefficient (Wildman–Crippen LogP) is 2.44. The summed E-state index contributed by atoms with van der Waals surface area (Å²) in [6, 6.07) is 1.11. The molecule has 112 valence electrons. The molecule has 5 heteroatoms. The van der Waals surface area contributed by atoms with Crippen molar-refractivity contribution in [2.24, 2.45) is 0 Å². The van der Waals surface area contributed by atoms with Gasteiger partial charge in [-0.05, 0) is 37.7 Å². The van der Waals surface area contributed by atoms with E-state index in [0.29, 0.717) is 24.4 Å². The minimum atomic E-state index is 0.312. The van der Waals surface area contributed by atoms with Crippen LogP contribution >= 0.6 is 12.0 Å². The van der Waals surface area contributed by atoms with Crippen LogP contribution in [0.25, 0.3) is 0 Å². The van der Waals surface area contributed by atoms with Crippen molar-refractivity contribution in [1.29, 1.82) is 0 Å². The Balaban J connectivity index is 2.11. The normalized spacial score (nSPS) is 17.2. The molecule has 19 heavy (non-hydrogen) atoms. The molecule has 1 heterocycles. The van der Waals surface area contributed by atoms with Crippen LogP contribution in [0.3, 0.4) is 0 Å². The molecule has 0 aromatic heterocycles. The average molecular weight is 288 g/mol. The largest absolute Gasteiger partial charge is 0.343 e. The number of carbonyl (C=O) groups excluding carboxylic acids is 1. The molecule has 0 bridgehead atoms. The van der Waals surface area contributed by atoms with Gasteiger partial charge in [-0.15, -0.1) is 0 Å². The van der Waals surface area contributed by atoms with Crippen LogP contribution in [-0.4, -0.2) is 48.8 Å². The second kappa shape index (κ2) is 9.61. The van der Waals surface area contributed by atoms with Gasteiger partial charge in [0.05, 0.1) is 6.61 Å². The molecule has 1 saturated heterocycles. The first-order valence-corrected chi connectivity index (χ1v) is 8.48. The monoisotopic (exact) mass is 288 g/mol. The molecule has 1 aliphatic rings. The minimum Gasteiger partial charge on any atom is -0.343 e. The number of hydrogen-bond donors (Lipinski definition) is 1. The SMILES string of the molecule is CSOCCCCC(=O)N1CCC(NC(C)C)CC1. The molecule has 0 aromatic carbocycles. The van der Waals surface area contributed by atoms with Crippen LogP contribution in [0.2, 0.25) is 0 Å². The summed E-state index contributed by atoms with van der Waals surface area (Å²) in [7, 11) is 0. The first kappa shape index (κ1) is 16.8. The molecular formula is C14H28N2O2S. The van der Waals surface area contributed by atoms with Crippen molar-refractivity contribution in [3.05, 3.63) is 0 Å². The number of likely N-dealkylation sites (tertiary alicyclic amines) is 1. The lowest BCUT2D eigenvalue weighted by Gasteiger charge is -2.33. The molecule has 1 N–H and O–H groups in total. The number of nitrogens with one attached hydrogen (secondary N) is 1. The quantitative estimate of drug-likeness (QED) is 0.550. The Morgan fingerprint density at radius 3 is 2.63 bits per heavy atom. The maximum atomic E-state index is 12.0. The number of amides is 1. The molecule has 1 aliphatic heterocycles. The van der Waals surface area contributed by atoms with Crippen LogP contribution in [0, 0.1) is 0 Å². The van der Waals surface area contributed by atoms with Crippen LogP contribution in [0.4, 0.5) is 0 Å². The third-order valence-electron chi connectivity index (χ3n) is 3.40. The fourth-order valence-corrected chi connectivity index (χ4v) is 2.73. The van der Waals surface area contributed by atoms with Crippen LogP contribution in [0.1, 0.15) is 46.0 Å². The number of carbonyl (C=O) groups is 1. The Kier molecular flexibility index (Phi) is 8.50. The van der Waals surface area contributed by atoms with E-state index in [-0.39, 0.29) is 0 Å². The molecule has 0 saturated carbocycles. The molecule has 0 atom stereocenters. The van der Waals surface area contributed by atoms with Crippen LogP contribution in [0.15, 0.2) is 0 Å². The predicted molar refractivity (Wildman–Crippen MR) is 81.2 cm³/mol. The van der Waals surface area contributed by atoms with Crippen molar-refractivity contribution in [3.8, 4) is 0 Å². The number of nitrogens with zero attached hydrogens (tertiary/aromatic N) is 1. The summed E-state index contributed by atoms with van der Waals surface area (Å²) in [5.74, 6) is 0.312. The number of hydrogen-bond acceptors (Lipinski definition) is 4. The van der Waals surface area contributed by atoms with E-state index < -0.39 is 0 Å². The van der Waals surface area contributed by atoms with E-state index in [1.807, 2.05) is 11.2 Å². The number of unbranched alkanes of at least 4 members (excludes halogenated alkanes) is 1. The van der Waals surface area contributed by atoms with E-state index in [0.717, 1.165) is 45.4 Å². The second-order valence-electron chi connectivity index (χ2n) is 5.42. The van der Waals surface area contributed by atoms with Gasteiger partial charge in [-0.3, -0.25) is 4.79 Å². The van der Waals surface area contributed by atoms with Crippen molar-refractivity contribution in [1.82, 2.24) is 10.2 Å². The van der Waals surface area contributed by atoms with Gasteiger partial charge in [0.25, 0.3) is 0 Å². The molecule has 0 aromatic rings. The zero-order valence-electron chi connectivity index (χ0n) is 12.5. The molecule has 0 radical (unpaired) electrons. The van der Waals surface area contributed by atoms with E-state index in [9.17, 15) is 4.79 Å². The number of rotatable bonds is 8. The van der Waals surface area contributed by atoms with Gasteiger partial charge in [0, 0.05) is 37.8 Å². The second-order valence-corrected chi connectivity index (χ2v) is 5.99. The molecule has 0 unspecified atom stereocenters. The Bertz CT molecular complexity index is 254. The van der Waals surface area contributed by atoms with Gasteiger partial charge in [0.2, 0.25) is 5.91 Å². The van der Waals surface area contributed by atoms with Gasteiger partial charge in [0.15, 0.2) is 0 Å². The first-order valence-electron chi connectivity index (χ1n) is 7.33. The Morgan fingerprint density at radius 2 is 2.05 bits per heavy atom. The van der Waals surface area contributed by atoms with Crippen molar-refractivity contribution < 1.29 is 8.98 Å². The maximum absolute atomic E-state index is 12.0. The highest BCUT2D eigenvalue weighted by molar-refractivity contribution is 7.93. The fraction of sp³-hybridized carbons (Fsp3) is 0.929. The van der Waals surface area contributed by atoms with E-state index in [4.69, 9.17) is 4.18 Å². The molecule has 0 spiro atoms. The van der Waals surface area contributed by atoms with Gasteiger partial charge >= 0.3 is 0 Å². The lowest BCUT2D eigenvalue weighted by atomic mass is 10.0. The summed E-state index contributed by atoms with van der Waals surface area (Å²) in [5, 5.41) is 3.55. The van der Waals surface area contributed by atoms with Crippen LogP contribution in [-0.2, 0) is 8.98 Å². The third-order valence-corrected chi connectivity index (χ3v) is 3.81. The van der Waals surface area contributed by atoms with Crippen LogP contribution in [0.5, 0.6) is 0 Å². The molecule has 1 fully saturated rings. The van der Waals surface area contributed by atoms with Gasteiger partial charge < -0.3 is 14.4 Å². The van der Waals surface area contributed by atoms with Crippen molar-refractivity contribution in [2.75, 3.05) is 26.0 Å². The Hall–Kier alpha value is -0.260. The molecular weight excluding hydrogens is 260 g/mol. The van der Waals surface area contributed by atoms with Crippen molar-refractivity contribution >= 4 is 17.9 Å². The summed E-state index contributed by atoms with van der Waals surface area (Å²) in [6.07, 6.45) is 6.65. The summed E-state index contributed by atoms with van der Waals surface area (Å²) < 4.78 is 5.20. The van der Waals surface area contributed by atoms with E-state index in [1.54, 1.807) is 0 Å². The minimum absolute atomic E-state index is 0.312. The lowest BCUT2D eigenvalue weighted by Crippen LogP contribution is -2.46. The smallest absolute Gasteiger partial charge is 0.222 e. The summed E-state index contributed by atoms with van der Waals surface area (Å²) in [4.78, 5) is 14.0. The number of piperidine rings is 1.